The highest BCUT2D eigenvalue weighted by Gasteiger charge is 2.27. The molecular weight excluding hydrogens is 404 g/mol. The van der Waals surface area contributed by atoms with Crippen LogP contribution in [0.4, 0.5) is 0 Å². The van der Waals surface area contributed by atoms with Crippen molar-refractivity contribution in [2.24, 2.45) is 11.7 Å². The van der Waals surface area contributed by atoms with E-state index in [0.29, 0.717) is 11.6 Å². The number of piperidine rings is 2. The Kier molecular flexibility index (Phi) is 6.40. The van der Waals surface area contributed by atoms with E-state index < -0.39 is 0 Å². The normalized spacial score (nSPS) is 21.9. The number of benzene rings is 1. The van der Waals surface area contributed by atoms with Gasteiger partial charge in [-0.3, -0.25) is 4.79 Å². The van der Waals surface area contributed by atoms with Crippen LogP contribution in [0, 0.1) is 5.92 Å². The maximum atomic E-state index is 12.3. The fourth-order valence-corrected chi connectivity index (χ4v) is 5.25. The van der Waals surface area contributed by atoms with Gasteiger partial charge in [0.25, 0.3) is 5.91 Å². The molecule has 1 aromatic carbocycles. The first-order valence-corrected chi connectivity index (χ1v) is 12.3. The molecule has 5 rings (SSSR count). The number of ether oxygens (including phenoxy) is 1. The number of aliphatic hydroxyl groups excluding tert-OH is 1. The predicted octanol–water partition coefficient (Wildman–Crippen LogP) is 2.62. The van der Waals surface area contributed by atoms with Gasteiger partial charge in [0.15, 0.2) is 0 Å². The van der Waals surface area contributed by atoms with Gasteiger partial charge in [0, 0.05) is 50.7 Å². The summed E-state index contributed by atoms with van der Waals surface area (Å²) in [5, 5.41) is 10.7. The van der Waals surface area contributed by atoms with Gasteiger partial charge >= 0.3 is 0 Å². The number of hydrogen-bond donors (Lipinski definition) is 2. The van der Waals surface area contributed by atoms with Crippen molar-refractivity contribution in [1.82, 2.24) is 14.4 Å². The Bertz CT molecular complexity index is 938. The Morgan fingerprint density at radius 2 is 1.66 bits per heavy atom. The van der Waals surface area contributed by atoms with Gasteiger partial charge in [-0.2, -0.15) is 0 Å². The molecule has 3 heterocycles. The lowest BCUT2D eigenvalue weighted by molar-refractivity contribution is 0.0733. The quantitative estimate of drug-likeness (QED) is 0.659. The first-order chi connectivity index (χ1) is 15.6. The van der Waals surface area contributed by atoms with Crippen LogP contribution >= 0.6 is 0 Å². The molecule has 0 bridgehead atoms. The smallest absolute Gasteiger partial charge is 0.265 e. The number of rotatable bonds is 8. The highest BCUT2D eigenvalue weighted by atomic mass is 16.5. The number of carbonyl (C=O) groups excluding carboxylic acids is 1. The maximum absolute atomic E-state index is 12.3. The molecule has 3 N–H and O–H groups in total. The summed E-state index contributed by atoms with van der Waals surface area (Å²) in [6, 6.07) is 8.31. The number of nitrogens with two attached hydrogens (primary N) is 1. The molecule has 0 atom stereocenters. The lowest BCUT2D eigenvalue weighted by Gasteiger charge is -2.36. The minimum absolute atomic E-state index is 0.113. The molecule has 1 aromatic heterocycles. The maximum Gasteiger partial charge on any atom is 0.265 e. The average molecular weight is 441 g/mol. The Morgan fingerprint density at radius 1 is 1.00 bits per heavy atom. The van der Waals surface area contributed by atoms with E-state index in [1.165, 1.54) is 12.8 Å². The van der Waals surface area contributed by atoms with E-state index in [2.05, 4.69) is 20.4 Å². The van der Waals surface area contributed by atoms with E-state index in [1.807, 2.05) is 18.2 Å². The Hall–Kier alpha value is -2.09. The molecule has 32 heavy (non-hydrogen) atoms. The van der Waals surface area contributed by atoms with E-state index >= 15 is 0 Å². The molecule has 1 saturated carbocycles. The zero-order chi connectivity index (χ0) is 22.1. The first kappa shape index (κ1) is 21.7. The lowest BCUT2D eigenvalue weighted by Crippen LogP contribution is -2.43. The SMILES string of the molecule is NC(=O)c1cc2c(OCC3CC3)cccc2n1C1CCN(CCN2CCC(O)CC2)CC1. The topological polar surface area (TPSA) is 84.0 Å². The van der Waals surface area contributed by atoms with Gasteiger partial charge in [-0.1, -0.05) is 6.07 Å². The number of likely N-dealkylation sites (tertiary alicyclic amines) is 2. The average Bonchev–Trinajstić information content (AvgIpc) is 3.55. The summed E-state index contributed by atoms with van der Waals surface area (Å²) in [5.74, 6) is 1.17. The largest absolute Gasteiger partial charge is 0.493 e. The van der Waals surface area contributed by atoms with E-state index in [-0.39, 0.29) is 18.1 Å². The van der Waals surface area contributed by atoms with E-state index in [4.69, 9.17) is 10.5 Å². The van der Waals surface area contributed by atoms with Gasteiger partial charge in [-0.25, -0.2) is 0 Å². The summed E-state index contributed by atoms with van der Waals surface area (Å²) < 4.78 is 8.27. The van der Waals surface area contributed by atoms with Gasteiger partial charge in [0.1, 0.15) is 11.4 Å². The molecule has 0 unspecified atom stereocenters. The highest BCUT2D eigenvalue weighted by Crippen LogP contribution is 2.36. The van der Waals surface area contributed by atoms with Crippen LogP contribution < -0.4 is 10.5 Å². The molecule has 2 aliphatic heterocycles. The third-order valence-electron chi connectivity index (χ3n) is 7.48. The molecule has 0 spiro atoms. The molecule has 2 saturated heterocycles. The Labute approximate surface area is 190 Å². The van der Waals surface area contributed by atoms with Gasteiger partial charge in [0.05, 0.1) is 18.2 Å². The summed E-state index contributed by atoms with van der Waals surface area (Å²) in [4.78, 5) is 17.3. The molecule has 1 aliphatic carbocycles. The minimum atomic E-state index is -0.371. The number of primary amides is 1. The van der Waals surface area contributed by atoms with Crippen molar-refractivity contribution in [3.8, 4) is 5.75 Å². The van der Waals surface area contributed by atoms with E-state index in [0.717, 1.165) is 88.2 Å². The minimum Gasteiger partial charge on any atom is -0.493 e. The van der Waals surface area contributed by atoms with Crippen LogP contribution in [0.5, 0.6) is 5.75 Å². The Morgan fingerprint density at radius 3 is 2.28 bits per heavy atom. The third kappa shape index (κ3) is 4.80. The second-order valence-corrected chi connectivity index (χ2v) is 9.85. The van der Waals surface area contributed by atoms with Crippen LogP contribution in [0.2, 0.25) is 0 Å². The standard InChI is InChI=1S/C25H36N4O3/c26-25(31)23-16-21-22(2-1-3-24(21)32-17-18-4-5-18)29(23)19-6-10-27(11-7-19)14-15-28-12-8-20(30)9-13-28/h1-3,16,18-20,30H,4-15,17H2,(H2,26,31). The van der Waals surface area contributed by atoms with Crippen LogP contribution in [0.3, 0.4) is 0 Å². The van der Waals surface area contributed by atoms with E-state index in [1.54, 1.807) is 0 Å². The molecule has 7 heteroatoms. The van der Waals surface area contributed by atoms with Crippen LogP contribution in [0.25, 0.3) is 10.9 Å². The number of fused-ring (bicyclic) bond motifs is 1. The van der Waals surface area contributed by atoms with Gasteiger partial charge in [-0.15, -0.1) is 0 Å². The summed E-state index contributed by atoms with van der Waals surface area (Å²) in [6.07, 6.45) is 6.20. The predicted molar refractivity (Wildman–Crippen MR) is 125 cm³/mol. The molecule has 2 aromatic rings. The molecule has 174 valence electrons. The number of aromatic nitrogens is 1. The molecule has 3 aliphatic rings. The second kappa shape index (κ2) is 9.41. The summed E-state index contributed by atoms with van der Waals surface area (Å²) in [6.45, 7) is 6.94. The van der Waals surface area contributed by atoms with Gasteiger partial charge < -0.3 is 29.9 Å². The van der Waals surface area contributed by atoms with Gasteiger partial charge in [-0.05, 0) is 62.6 Å². The monoisotopic (exact) mass is 440 g/mol. The van der Waals surface area contributed by atoms with Crippen molar-refractivity contribution in [2.45, 2.75) is 50.7 Å². The van der Waals surface area contributed by atoms with Crippen molar-refractivity contribution in [3.05, 3.63) is 30.0 Å². The summed E-state index contributed by atoms with van der Waals surface area (Å²) in [5.41, 5.74) is 7.44. The lowest BCUT2D eigenvalue weighted by atomic mass is 10.0. The molecule has 7 nitrogen and oxygen atoms in total. The number of amides is 1. The van der Waals surface area contributed by atoms with Crippen molar-refractivity contribution >= 4 is 16.8 Å². The second-order valence-electron chi connectivity index (χ2n) is 9.85. The zero-order valence-corrected chi connectivity index (χ0v) is 18.9. The molecule has 3 fully saturated rings. The van der Waals surface area contributed by atoms with Crippen molar-refractivity contribution in [3.63, 3.8) is 0 Å². The molecular formula is C25H36N4O3. The van der Waals surface area contributed by atoms with E-state index in [9.17, 15) is 9.90 Å². The summed E-state index contributed by atoms with van der Waals surface area (Å²) in [7, 11) is 0. The number of nitrogens with zero attached hydrogens (tertiary/aromatic N) is 3. The number of hydrogen-bond acceptors (Lipinski definition) is 5. The molecule has 1 amide bonds. The fourth-order valence-electron chi connectivity index (χ4n) is 5.25. The molecule has 0 radical (unpaired) electrons. The summed E-state index contributed by atoms with van der Waals surface area (Å²) >= 11 is 0. The van der Waals surface area contributed by atoms with Crippen LogP contribution in [0.15, 0.2) is 24.3 Å². The van der Waals surface area contributed by atoms with Crippen LogP contribution in [0.1, 0.15) is 55.1 Å². The van der Waals surface area contributed by atoms with Crippen molar-refractivity contribution in [1.29, 1.82) is 0 Å². The van der Waals surface area contributed by atoms with Crippen LogP contribution in [-0.4, -0.2) is 77.4 Å². The zero-order valence-electron chi connectivity index (χ0n) is 18.9. The number of aliphatic hydroxyl groups is 1. The van der Waals surface area contributed by atoms with Crippen LogP contribution in [-0.2, 0) is 0 Å². The fraction of sp³-hybridized carbons (Fsp3) is 0.640. The van der Waals surface area contributed by atoms with Crippen molar-refractivity contribution in [2.75, 3.05) is 45.9 Å². The third-order valence-corrected chi connectivity index (χ3v) is 7.48. The van der Waals surface area contributed by atoms with Crippen molar-refractivity contribution < 1.29 is 14.6 Å². The first-order valence-electron chi connectivity index (χ1n) is 12.3. The highest BCUT2D eigenvalue weighted by molar-refractivity contribution is 5.99. The van der Waals surface area contributed by atoms with Gasteiger partial charge in [0.2, 0.25) is 0 Å². The number of carbonyl (C=O) groups is 1. The Balaban J connectivity index is 1.25.